The van der Waals surface area contributed by atoms with Crippen LogP contribution in [-0.2, 0) is 9.59 Å². The van der Waals surface area contributed by atoms with Crippen molar-refractivity contribution in [1.29, 1.82) is 0 Å². The van der Waals surface area contributed by atoms with Gasteiger partial charge in [0.05, 0.1) is 6.21 Å². The van der Waals surface area contributed by atoms with Crippen molar-refractivity contribution in [2.24, 2.45) is 5.10 Å². The molecule has 23 heavy (non-hydrogen) atoms. The van der Waals surface area contributed by atoms with Gasteiger partial charge in [0.15, 0.2) is 0 Å². The van der Waals surface area contributed by atoms with E-state index in [1.54, 1.807) is 12.1 Å². The molecule has 118 valence electrons. The van der Waals surface area contributed by atoms with Gasteiger partial charge in [-0.15, -0.1) is 0 Å². The second-order valence-corrected chi connectivity index (χ2v) is 5.00. The molecule has 0 unspecified atom stereocenters. The van der Waals surface area contributed by atoms with E-state index in [4.69, 9.17) is 0 Å². The summed E-state index contributed by atoms with van der Waals surface area (Å²) in [4.78, 5) is 23.4. The zero-order chi connectivity index (χ0) is 16.8. The molecule has 0 bridgehead atoms. The van der Waals surface area contributed by atoms with Crippen molar-refractivity contribution >= 4 is 23.7 Å². The number of halogens is 1. The maximum absolute atomic E-state index is 12.7. The molecule has 2 amide bonds. The van der Waals surface area contributed by atoms with E-state index in [0.29, 0.717) is 11.3 Å². The Kier molecular flexibility index (Phi) is 5.19. The quantitative estimate of drug-likeness (QED) is 0.519. The number of hydrogen-bond acceptors (Lipinski definition) is 3. The van der Waals surface area contributed by atoms with Crippen LogP contribution in [0.3, 0.4) is 0 Å². The van der Waals surface area contributed by atoms with Crippen LogP contribution in [-0.4, -0.2) is 18.0 Å². The number of carbonyl (C=O) groups is 2. The molecule has 0 aliphatic carbocycles. The average Bonchev–Trinajstić information content (AvgIpc) is 2.52. The van der Waals surface area contributed by atoms with Gasteiger partial charge in [0.2, 0.25) is 0 Å². The van der Waals surface area contributed by atoms with E-state index in [1.807, 2.05) is 19.9 Å². The van der Waals surface area contributed by atoms with Crippen LogP contribution in [0.15, 0.2) is 47.6 Å². The van der Waals surface area contributed by atoms with Crippen LogP contribution >= 0.6 is 0 Å². The first kappa shape index (κ1) is 16.4. The number of nitrogens with zero attached hydrogens (tertiary/aromatic N) is 1. The van der Waals surface area contributed by atoms with Gasteiger partial charge in [0.25, 0.3) is 0 Å². The molecular formula is C17H16FN3O2. The fourth-order valence-electron chi connectivity index (χ4n) is 1.77. The number of carbonyl (C=O) groups excluding carboxylic acids is 2. The lowest BCUT2D eigenvalue weighted by molar-refractivity contribution is -0.136. The van der Waals surface area contributed by atoms with Crippen molar-refractivity contribution < 1.29 is 14.0 Å². The molecule has 5 nitrogen and oxygen atoms in total. The lowest BCUT2D eigenvalue weighted by atomic mass is 10.1. The van der Waals surface area contributed by atoms with Gasteiger partial charge in [0.1, 0.15) is 5.82 Å². The number of benzene rings is 2. The summed E-state index contributed by atoms with van der Waals surface area (Å²) in [6, 6.07) is 10.9. The van der Waals surface area contributed by atoms with Gasteiger partial charge >= 0.3 is 11.8 Å². The van der Waals surface area contributed by atoms with Gasteiger partial charge in [-0.05, 0) is 54.8 Å². The zero-order valence-electron chi connectivity index (χ0n) is 12.8. The fourth-order valence-corrected chi connectivity index (χ4v) is 1.77. The summed E-state index contributed by atoms with van der Waals surface area (Å²) in [5.41, 5.74) is 5.36. The molecule has 2 N–H and O–H groups in total. The summed E-state index contributed by atoms with van der Waals surface area (Å²) in [5.74, 6) is -2.06. The predicted octanol–water partition coefficient (Wildman–Crippen LogP) is 2.53. The van der Waals surface area contributed by atoms with Crippen LogP contribution < -0.4 is 10.7 Å². The number of anilines is 1. The van der Waals surface area contributed by atoms with Crippen molar-refractivity contribution in [3.05, 3.63) is 65.0 Å². The van der Waals surface area contributed by atoms with E-state index in [0.717, 1.165) is 11.1 Å². The second-order valence-electron chi connectivity index (χ2n) is 5.00. The molecule has 0 saturated carbocycles. The van der Waals surface area contributed by atoms with Crippen LogP contribution in [0.25, 0.3) is 0 Å². The molecule has 0 aliphatic heterocycles. The van der Waals surface area contributed by atoms with Gasteiger partial charge in [0, 0.05) is 5.69 Å². The first-order valence-corrected chi connectivity index (χ1v) is 6.93. The van der Waals surface area contributed by atoms with Gasteiger partial charge < -0.3 is 5.32 Å². The summed E-state index contributed by atoms with van der Waals surface area (Å²) >= 11 is 0. The molecule has 0 radical (unpaired) electrons. The molecular weight excluding hydrogens is 297 g/mol. The topological polar surface area (TPSA) is 70.6 Å². The Morgan fingerprint density at radius 2 is 1.70 bits per heavy atom. The van der Waals surface area contributed by atoms with Crippen LogP contribution in [0.2, 0.25) is 0 Å². The minimum absolute atomic E-state index is 0.362. The first-order chi connectivity index (χ1) is 11.0. The SMILES string of the molecule is Cc1ccc(NC(=O)C(=O)N/N=C/c2ccc(F)cc2)cc1C. The van der Waals surface area contributed by atoms with Gasteiger partial charge in [-0.1, -0.05) is 18.2 Å². The Balaban J connectivity index is 1.90. The summed E-state index contributed by atoms with van der Waals surface area (Å²) in [6.07, 6.45) is 1.32. The molecule has 2 aromatic rings. The Morgan fingerprint density at radius 3 is 2.35 bits per heavy atom. The molecule has 0 saturated heterocycles. The number of rotatable bonds is 3. The Labute approximate surface area is 133 Å². The summed E-state index contributed by atoms with van der Waals surface area (Å²) in [7, 11) is 0. The van der Waals surface area contributed by atoms with Crippen molar-refractivity contribution in [3.63, 3.8) is 0 Å². The predicted molar refractivity (Wildman–Crippen MR) is 86.7 cm³/mol. The third kappa shape index (κ3) is 4.74. The van der Waals surface area contributed by atoms with E-state index in [9.17, 15) is 14.0 Å². The summed E-state index contributed by atoms with van der Waals surface area (Å²) < 4.78 is 12.7. The zero-order valence-corrected chi connectivity index (χ0v) is 12.8. The molecule has 0 spiro atoms. The third-order valence-electron chi connectivity index (χ3n) is 3.22. The average molecular weight is 313 g/mol. The lowest BCUT2D eigenvalue weighted by Crippen LogP contribution is -2.32. The number of aryl methyl sites for hydroxylation is 2. The van der Waals surface area contributed by atoms with Crippen molar-refractivity contribution in [3.8, 4) is 0 Å². The van der Waals surface area contributed by atoms with E-state index in [-0.39, 0.29) is 5.82 Å². The van der Waals surface area contributed by atoms with Gasteiger partial charge in [-0.25, -0.2) is 9.82 Å². The molecule has 2 aromatic carbocycles. The number of nitrogens with one attached hydrogen (secondary N) is 2. The maximum atomic E-state index is 12.7. The van der Waals surface area contributed by atoms with E-state index < -0.39 is 11.8 Å². The molecule has 0 heterocycles. The monoisotopic (exact) mass is 313 g/mol. The molecule has 2 rings (SSSR count). The highest BCUT2D eigenvalue weighted by Crippen LogP contribution is 2.13. The van der Waals surface area contributed by atoms with Crippen molar-refractivity contribution in [1.82, 2.24) is 5.43 Å². The molecule has 0 aliphatic rings. The molecule has 0 fully saturated rings. The normalized spacial score (nSPS) is 10.6. The smallest absolute Gasteiger partial charge is 0.318 e. The molecule has 0 atom stereocenters. The highest BCUT2D eigenvalue weighted by molar-refractivity contribution is 6.39. The van der Waals surface area contributed by atoms with Crippen LogP contribution in [0.1, 0.15) is 16.7 Å². The van der Waals surface area contributed by atoms with E-state index >= 15 is 0 Å². The van der Waals surface area contributed by atoms with Crippen molar-refractivity contribution in [2.75, 3.05) is 5.32 Å². The fraction of sp³-hybridized carbons (Fsp3) is 0.118. The second kappa shape index (κ2) is 7.31. The summed E-state index contributed by atoms with van der Waals surface area (Å²) in [5, 5.41) is 6.15. The van der Waals surface area contributed by atoms with Crippen molar-refractivity contribution in [2.45, 2.75) is 13.8 Å². The maximum Gasteiger partial charge on any atom is 0.329 e. The minimum atomic E-state index is -0.887. The van der Waals surface area contributed by atoms with Crippen LogP contribution in [0, 0.1) is 19.7 Å². The Hall–Kier alpha value is -3.02. The Bertz CT molecular complexity index is 755. The minimum Gasteiger partial charge on any atom is -0.318 e. The molecule has 0 aromatic heterocycles. The lowest BCUT2D eigenvalue weighted by Gasteiger charge is -2.06. The highest BCUT2D eigenvalue weighted by atomic mass is 19.1. The third-order valence-corrected chi connectivity index (χ3v) is 3.22. The van der Waals surface area contributed by atoms with Gasteiger partial charge in [-0.2, -0.15) is 5.10 Å². The van der Waals surface area contributed by atoms with E-state index in [1.165, 1.54) is 30.5 Å². The first-order valence-electron chi connectivity index (χ1n) is 6.93. The van der Waals surface area contributed by atoms with Crippen LogP contribution in [0.4, 0.5) is 10.1 Å². The molecule has 6 heteroatoms. The number of hydrazone groups is 1. The largest absolute Gasteiger partial charge is 0.329 e. The van der Waals surface area contributed by atoms with E-state index in [2.05, 4.69) is 15.8 Å². The Morgan fingerprint density at radius 1 is 1.00 bits per heavy atom. The summed E-state index contributed by atoms with van der Waals surface area (Å²) in [6.45, 7) is 3.87. The van der Waals surface area contributed by atoms with Crippen LogP contribution in [0.5, 0.6) is 0 Å². The highest BCUT2D eigenvalue weighted by Gasteiger charge is 2.12. The number of hydrogen-bond donors (Lipinski definition) is 2. The standard InChI is InChI=1S/C17H16FN3O2/c1-11-3-8-15(9-12(11)2)20-16(22)17(23)21-19-10-13-4-6-14(18)7-5-13/h3-10H,1-2H3,(H,20,22)(H,21,23)/b19-10+. The van der Waals surface area contributed by atoms with Gasteiger partial charge in [-0.3, -0.25) is 9.59 Å². The number of amides is 2.